The van der Waals surface area contributed by atoms with Crippen LogP contribution in [0.1, 0.15) is 16.8 Å². The Kier molecular flexibility index (Phi) is 5.28. The van der Waals surface area contributed by atoms with Gasteiger partial charge in [-0.25, -0.2) is 0 Å². The average Bonchev–Trinajstić information content (AvgIpc) is 3.31. The van der Waals surface area contributed by atoms with Crippen molar-refractivity contribution in [1.82, 2.24) is 15.2 Å². The van der Waals surface area contributed by atoms with E-state index in [0.717, 1.165) is 0 Å². The molecule has 136 valence electrons. The summed E-state index contributed by atoms with van der Waals surface area (Å²) in [5.74, 6) is -0.765. The molecule has 0 bridgehead atoms. The largest absolute Gasteiger partial charge is 0.449 e. The highest BCUT2D eigenvalue weighted by atomic mass is 16.3. The zero-order chi connectivity index (χ0) is 18.5. The summed E-state index contributed by atoms with van der Waals surface area (Å²) in [5, 5.41) is 5.45. The summed E-state index contributed by atoms with van der Waals surface area (Å²) < 4.78 is 4.81. The van der Waals surface area contributed by atoms with Gasteiger partial charge in [0.2, 0.25) is 11.8 Å². The van der Waals surface area contributed by atoms with Crippen LogP contribution in [0.5, 0.6) is 0 Å². The number of hydrogen-bond donors (Lipinski definition) is 3. The molecule has 2 atom stereocenters. The Morgan fingerprint density at radius 2 is 2.04 bits per heavy atom. The van der Waals surface area contributed by atoms with Gasteiger partial charge in [-0.3, -0.25) is 14.4 Å². The van der Waals surface area contributed by atoms with Gasteiger partial charge in [-0.2, -0.15) is 4.98 Å². The number of carbonyl (C=O) groups excluding carboxylic acids is 3. The van der Waals surface area contributed by atoms with Gasteiger partial charge in [-0.05, 0) is 18.6 Å². The third-order valence-corrected chi connectivity index (χ3v) is 4.15. The van der Waals surface area contributed by atoms with Gasteiger partial charge in [0.1, 0.15) is 12.3 Å². The van der Waals surface area contributed by atoms with Crippen molar-refractivity contribution in [2.24, 2.45) is 5.73 Å². The maximum atomic E-state index is 12.5. The average molecular weight is 357 g/mol. The van der Waals surface area contributed by atoms with E-state index in [1.807, 2.05) is 6.07 Å². The number of rotatable bonds is 5. The number of carbonyl (C=O) groups is 3. The number of hydrogen-bond acceptors (Lipinski definition) is 6. The van der Waals surface area contributed by atoms with Gasteiger partial charge in [0, 0.05) is 18.2 Å². The molecule has 1 aromatic carbocycles. The number of likely N-dealkylation sites (tertiary alicyclic amines) is 1. The van der Waals surface area contributed by atoms with E-state index in [0.29, 0.717) is 5.56 Å². The lowest BCUT2D eigenvalue weighted by atomic mass is 10.1. The van der Waals surface area contributed by atoms with E-state index in [1.54, 1.807) is 24.3 Å². The first-order chi connectivity index (χ1) is 12.6. The van der Waals surface area contributed by atoms with E-state index >= 15 is 0 Å². The zero-order valence-electron chi connectivity index (χ0n) is 13.9. The lowest BCUT2D eigenvalue weighted by molar-refractivity contribution is -0.135. The van der Waals surface area contributed by atoms with Crippen LogP contribution in [-0.4, -0.2) is 52.8 Å². The second-order valence-corrected chi connectivity index (χ2v) is 5.90. The molecule has 2 heterocycles. The van der Waals surface area contributed by atoms with Crippen LogP contribution in [0.3, 0.4) is 0 Å². The van der Waals surface area contributed by atoms with Crippen molar-refractivity contribution in [3.8, 4) is 0 Å². The predicted octanol–water partition coefficient (Wildman–Crippen LogP) is -0.0287. The molecular formula is C17H19N5O4. The van der Waals surface area contributed by atoms with Crippen molar-refractivity contribution >= 4 is 23.5 Å². The first kappa shape index (κ1) is 17.6. The smallest absolute Gasteiger partial charge is 0.251 e. The molecule has 1 aliphatic heterocycles. The van der Waals surface area contributed by atoms with Crippen LogP contribution in [0.2, 0.25) is 0 Å². The summed E-state index contributed by atoms with van der Waals surface area (Å²) in [6.07, 6.45) is 2.76. The van der Waals surface area contributed by atoms with Gasteiger partial charge in [-0.1, -0.05) is 18.2 Å². The van der Waals surface area contributed by atoms with E-state index in [-0.39, 0.29) is 43.2 Å². The number of aromatic nitrogens is 1. The predicted molar refractivity (Wildman–Crippen MR) is 92.0 cm³/mol. The minimum absolute atomic E-state index is 0.214. The fourth-order valence-corrected chi connectivity index (χ4v) is 2.92. The Balaban J connectivity index is 1.69. The van der Waals surface area contributed by atoms with E-state index < -0.39 is 11.9 Å². The number of anilines is 1. The highest BCUT2D eigenvalue weighted by Gasteiger charge is 2.39. The third kappa shape index (κ3) is 3.89. The van der Waals surface area contributed by atoms with E-state index in [4.69, 9.17) is 10.2 Å². The third-order valence-electron chi connectivity index (χ3n) is 4.15. The van der Waals surface area contributed by atoms with Crippen molar-refractivity contribution in [3.05, 3.63) is 48.6 Å². The highest BCUT2D eigenvalue weighted by molar-refractivity contribution is 5.98. The molecule has 26 heavy (non-hydrogen) atoms. The van der Waals surface area contributed by atoms with Crippen LogP contribution < -0.4 is 16.4 Å². The molecule has 1 saturated heterocycles. The fourth-order valence-electron chi connectivity index (χ4n) is 2.92. The van der Waals surface area contributed by atoms with Gasteiger partial charge in [-0.15, -0.1) is 0 Å². The summed E-state index contributed by atoms with van der Waals surface area (Å²) in [7, 11) is 0. The summed E-state index contributed by atoms with van der Waals surface area (Å²) in [6.45, 7) is -0.00139. The molecular weight excluding hydrogens is 338 g/mol. The van der Waals surface area contributed by atoms with E-state index in [9.17, 15) is 14.4 Å². The molecule has 0 unspecified atom stereocenters. The Bertz CT molecular complexity index is 778. The number of nitrogens with zero attached hydrogens (tertiary/aromatic N) is 2. The molecule has 3 rings (SSSR count). The monoisotopic (exact) mass is 357 g/mol. The first-order valence-corrected chi connectivity index (χ1v) is 8.13. The molecule has 4 N–H and O–H groups in total. The van der Waals surface area contributed by atoms with Crippen molar-refractivity contribution in [2.45, 2.75) is 18.5 Å². The van der Waals surface area contributed by atoms with Crippen molar-refractivity contribution in [2.75, 3.05) is 18.4 Å². The molecule has 1 aromatic heterocycles. The molecule has 9 nitrogen and oxygen atoms in total. The minimum atomic E-state index is -0.746. The molecule has 0 saturated carbocycles. The Morgan fingerprint density at radius 1 is 1.27 bits per heavy atom. The van der Waals surface area contributed by atoms with Crippen LogP contribution >= 0.6 is 0 Å². The SMILES string of the molecule is NCC(=O)N1C[C@H](NC(=O)c2ccccc2)C[C@H]1C(=O)Nc1cocn1. The van der Waals surface area contributed by atoms with Crippen LogP contribution in [0.25, 0.3) is 0 Å². The first-order valence-electron chi connectivity index (χ1n) is 8.13. The summed E-state index contributed by atoms with van der Waals surface area (Å²) in [5.41, 5.74) is 5.96. The normalized spacial score (nSPS) is 19.2. The molecule has 1 aliphatic rings. The van der Waals surface area contributed by atoms with Crippen LogP contribution in [-0.2, 0) is 9.59 Å². The number of nitrogens with one attached hydrogen (secondary N) is 2. The second-order valence-electron chi connectivity index (χ2n) is 5.90. The fraction of sp³-hybridized carbons (Fsp3) is 0.294. The number of amides is 3. The highest BCUT2D eigenvalue weighted by Crippen LogP contribution is 2.20. The number of oxazole rings is 1. The van der Waals surface area contributed by atoms with Crippen LogP contribution in [0.15, 0.2) is 47.4 Å². The quantitative estimate of drug-likeness (QED) is 0.689. The molecule has 0 radical (unpaired) electrons. The Morgan fingerprint density at radius 3 is 2.69 bits per heavy atom. The van der Waals surface area contributed by atoms with Gasteiger partial charge >= 0.3 is 0 Å². The lowest BCUT2D eigenvalue weighted by Gasteiger charge is -2.22. The van der Waals surface area contributed by atoms with Gasteiger partial charge in [0.25, 0.3) is 5.91 Å². The van der Waals surface area contributed by atoms with Crippen molar-refractivity contribution in [3.63, 3.8) is 0 Å². The van der Waals surface area contributed by atoms with Crippen molar-refractivity contribution < 1.29 is 18.8 Å². The Labute approximate surface area is 149 Å². The Hall–Kier alpha value is -3.20. The van der Waals surface area contributed by atoms with Crippen LogP contribution in [0, 0.1) is 0 Å². The number of nitrogens with two attached hydrogens (primary N) is 1. The molecule has 2 aromatic rings. The standard InChI is InChI=1S/C17H19N5O4/c18-7-15(23)22-8-12(20-16(24)11-4-2-1-3-5-11)6-13(22)17(25)21-14-9-26-10-19-14/h1-5,9-10,12-13H,6-8,18H2,(H,20,24)(H,21,25)/t12-,13+/m1/s1. The van der Waals surface area contributed by atoms with Crippen LogP contribution in [0.4, 0.5) is 5.82 Å². The second kappa shape index (κ2) is 7.79. The summed E-state index contributed by atoms with van der Waals surface area (Å²) in [4.78, 5) is 42.1. The topological polar surface area (TPSA) is 131 Å². The lowest BCUT2D eigenvalue weighted by Crippen LogP contribution is -2.46. The molecule has 0 spiro atoms. The van der Waals surface area contributed by atoms with E-state index in [1.165, 1.54) is 17.6 Å². The van der Waals surface area contributed by atoms with Crippen molar-refractivity contribution in [1.29, 1.82) is 0 Å². The molecule has 0 aliphatic carbocycles. The number of benzene rings is 1. The maximum Gasteiger partial charge on any atom is 0.251 e. The summed E-state index contributed by atoms with van der Waals surface area (Å²) in [6, 6.07) is 7.64. The summed E-state index contributed by atoms with van der Waals surface area (Å²) >= 11 is 0. The molecule has 3 amide bonds. The van der Waals surface area contributed by atoms with Gasteiger partial charge < -0.3 is 25.7 Å². The minimum Gasteiger partial charge on any atom is -0.449 e. The van der Waals surface area contributed by atoms with E-state index in [2.05, 4.69) is 15.6 Å². The van der Waals surface area contributed by atoms with Gasteiger partial charge in [0.15, 0.2) is 12.2 Å². The zero-order valence-corrected chi connectivity index (χ0v) is 13.9. The molecule has 1 fully saturated rings. The maximum absolute atomic E-state index is 12.5. The van der Waals surface area contributed by atoms with Gasteiger partial charge in [0.05, 0.1) is 6.54 Å². The molecule has 9 heteroatoms.